The molecule has 1 amide bonds. The number of hydrogen-bond donors (Lipinski definition) is 3. The van der Waals surface area contributed by atoms with E-state index in [9.17, 15) is 10.1 Å². The molecule has 1 spiro atoms. The van der Waals surface area contributed by atoms with E-state index in [2.05, 4.69) is 33.6 Å². The highest BCUT2D eigenvalue weighted by atomic mass is 16.5. The van der Waals surface area contributed by atoms with Gasteiger partial charge in [-0.2, -0.15) is 10.4 Å². The quantitative estimate of drug-likeness (QED) is 0.467. The van der Waals surface area contributed by atoms with E-state index in [4.69, 9.17) is 15.6 Å². The predicted molar refractivity (Wildman–Crippen MR) is 156 cm³/mol. The van der Waals surface area contributed by atoms with E-state index in [1.54, 1.807) is 18.5 Å². The second-order valence-electron chi connectivity index (χ2n) is 11.8. The van der Waals surface area contributed by atoms with Gasteiger partial charge in [0.25, 0.3) is 5.91 Å². The maximum Gasteiger partial charge on any atom is 0.263 e. The monoisotopic (exact) mass is 548 g/mol. The van der Waals surface area contributed by atoms with Crippen LogP contribution in [0.25, 0.3) is 0 Å². The molecule has 2 aromatic rings. The molecule has 10 nitrogen and oxygen atoms in total. The molecule has 3 aliphatic rings. The van der Waals surface area contributed by atoms with Gasteiger partial charge < -0.3 is 26.0 Å². The largest absolute Gasteiger partial charge is 0.488 e. The van der Waals surface area contributed by atoms with Crippen molar-refractivity contribution in [2.24, 2.45) is 5.92 Å². The number of nitrogen functional groups attached to an aromatic ring is 1. The zero-order valence-corrected chi connectivity index (χ0v) is 23.8. The SMILES string of the molecule is CN1CCC(Oc2ccncc2NC(=O)c2c(N)nn3c2NCC(CC#N)C32CCCCCCCCCC2)CC1. The summed E-state index contributed by atoms with van der Waals surface area (Å²) in [5.74, 6) is 1.24. The molecule has 1 saturated carbocycles. The van der Waals surface area contributed by atoms with Crippen molar-refractivity contribution >= 4 is 23.2 Å². The second-order valence-corrected chi connectivity index (χ2v) is 11.8. The first-order valence-electron chi connectivity index (χ1n) is 15.1. The van der Waals surface area contributed by atoms with Crippen LogP contribution in [0.3, 0.4) is 0 Å². The van der Waals surface area contributed by atoms with Gasteiger partial charge >= 0.3 is 0 Å². The van der Waals surface area contributed by atoms with Gasteiger partial charge in [0.2, 0.25) is 0 Å². The molecule has 40 heavy (non-hydrogen) atoms. The van der Waals surface area contributed by atoms with Gasteiger partial charge in [0.15, 0.2) is 5.82 Å². The molecule has 0 bridgehead atoms. The number of rotatable bonds is 5. The molecule has 10 heteroatoms. The number of nitrogens with one attached hydrogen (secondary N) is 2. The van der Waals surface area contributed by atoms with Crippen LogP contribution in [0.5, 0.6) is 5.75 Å². The number of fused-ring (bicyclic) bond motifs is 2. The number of amides is 1. The van der Waals surface area contributed by atoms with Crippen LogP contribution in [0.15, 0.2) is 18.5 Å². The zero-order valence-electron chi connectivity index (χ0n) is 23.8. The Balaban J connectivity index is 1.42. The van der Waals surface area contributed by atoms with E-state index in [0.29, 0.717) is 35.8 Å². The fourth-order valence-corrected chi connectivity index (χ4v) is 6.81. The third kappa shape index (κ3) is 6.04. The first kappa shape index (κ1) is 28.2. The fraction of sp³-hybridized carbons (Fsp3) is 0.667. The molecule has 2 aromatic heterocycles. The molecule has 1 aliphatic carbocycles. The summed E-state index contributed by atoms with van der Waals surface area (Å²) in [4.78, 5) is 20.3. The van der Waals surface area contributed by atoms with E-state index >= 15 is 0 Å². The summed E-state index contributed by atoms with van der Waals surface area (Å²) < 4.78 is 8.29. The third-order valence-corrected chi connectivity index (χ3v) is 9.13. The van der Waals surface area contributed by atoms with E-state index in [-0.39, 0.29) is 29.3 Å². The predicted octanol–water partition coefficient (Wildman–Crippen LogP) is 5.15. The highest BCUT2D eigenvalue weighted by Gasteiger charge is 2.46. The number of nitrogens with two attached hydrogens (primary N) is 1. The Kier molecular flexibility index (Phi) is 9.10. The summed E-state index contributed by atoms with van der Waals surface area (Å²) in [7, 11) is 2.12. The smallest absolute Gasteiger partial charge is 0.263 e. The first-order chi connectivity index (χ1) is 19.5. The molecule has 0 aromatic carbocycles. The molecule has 2 aliphatic heterocycles. The molecule has 1 unspecified atom stereocenters. The van der Waals surface area contributed by atoms with Gasteiger partial charge in [-0.3, -0.25) is 9.78 Å². The number of likely N-dealkylation sites (tertiary alicyclic amines) is 1. The number of anilines is 3. The van der Waals surface area contributed by atoms with Gasteiger partial charge in [-0.1, -0.05) is 51.4 Å². The van der Waals surface area contributed by atoms with Crippen LogP contribution in [0.2, 0.25) is 0 Å². The van der Waals surface area contributed by atoms with Gasteiger partial charge in [-0.25, -0.2) is 4.68 Å². The van der Waals surface area contributed by atoms with Crippen molar-refractivity contribution in [2.45, 2.75) is 95.1 Å². The highest BCUT2D eigenvalue weighted by Crippen LogP contribution is 2.46. The second kappa shape index (κ2) is 12.9. The van der Waals surface area contributed by atoms with Gasteiger partial charge in [0.05, 0.1) is 17.8 Å². The first-order valence-corrected chi connectivity index (χ1v) is 15.1. The Bertz CT molecular complexity index is 1180. The van der Waals surface area contributed by atoms with Gasteiger partial charge in [-0.15, -0.1) is 0 Å². The molecule has 0 radical (unpaired) electrons. The normalized spacial score (nSPS) is 22.4. The van der Waals surface area contributed by atoms with E-state index in [1.165, 1.54) is 38.5 Å². The lowest BCUT2D eigenvalue weighted by Crippen LogP contribution is -2.49. The number of nitrogens with zero attached hydrogens (tertiary/aromatic N) is 5. The highest BCUT2D eigenvalue weighted by molar-refractivity contribution is 6.11. The number of carbonyl (C=O) groups excluding carboxylic acids is 1. The zero-order chi connectivity index (χ0) is 28.0. The summed E-state index contributed by atoms with van der Waals surface area (Å²) in [6.45, 7) is 2.59. The molecular formula is C30H44N8O2. The minimum absolute atomic E-state index is 0.0959. The summed E-state index contributed by atoms with van der Waals surface area (Å²) in [5.41, 5.74) is 7.03. The molecular weight excluding hydrogens is 504 g/mol. The van der Waals surface area contributed by atoms with Crippen LogP contribution < -0.4 is 21.1 Å². The number of ether oxygens (including phenoxy) is 1. The maximum absolute atomic E-state index is 13.8. The van der Waals surface area contributed by atoms with Gasteiger partial charge in [-0.05, 0) is 32.7 Å². The van der Waals surface area contributed by atoms with Crippen LogP contribution in [-0.4, -0.2) is 58.4 Å². The van der Waals surface area contributed by atoms with Crippen LogP contribution in [0.1, 0.15) is 93.8 Å². The number of hydrogen-bond acceptors (Lipinski definition) is 8. The molecule has 1 atom stereocenters. The summed E-state index contributed by atoms with van der Waals surface area (Å²) in [5, 5.41) is 21.0. The van der Waals surface area contributed by atoms with Crippen LogP contribution in [-0.2, 0) is 5.54 Å². The van der Waals surface area contributed by atoms with Crippen molar-refractivity contribution in [2.75, 3.05) is 43.0 Å². The fourth-order valence-electron chi connectivity index (χ4n) is 6.81. The van der Waals surface area contributed by atoms with Crippen molar-refractivity contribution in [3.05, 3.63) is 24.0 Å². The Morgan fingerprint density at radius 2 is 1.85 bits per heavy atom. The lowest BCUT2D eigenvalue weighted by atomic mass is 9.73. The summed E-state index contributed by atoms with van der Waals surface area (Å²) in [6, 6.07) is 4.22. The van der Waals surface area contributed by atoms with E-state index < -0.39 is 0 Å². The molecule has 4 N–H and O–H groups in total. The van der Waals surface area contributed by atoms with Crippen molar-refractivity contribution in [3.8, 4) is 11.8 Å². The lowest BCUT2D eigenvalue weighted by Gasteiger charge is -2.45. The molecule has 216 valence electrons. The standard InChI is InChI=1S/C30H44N8O2/c1-37-18-12-23(13-19-37)40-25-11-17-33-21-24(25)35-29(39)26-27(32)36-38-28(26)34-20-22(10-16-31)30(38)14-8-6-4-2-3-5-7-9-15-30/h11,17,21-23,34H,2-10,12-15,18-20H2,1H3,(H2,32,36)(H,35,39). The van der Waals surface area contributed by atoms with E-state index in [1.807, 2.05) is 4.68 Å². The van der Waals surface area contributed by atoms with Crippen molar-refractivity contribution in [3.63, 3.8) is 0 Å². The Morgan fingerprint density at radius 1 is 1.18 bits per heavy atom. The Hall–Kier alpha value is -3.32. The lowest BCUT2D eigenvalue weighted by molar-refractivity contribution is 0.101. The average molecular weight is 549 g/mol. The van der Waals surface area contributed by atoms with Crippen LogP contribution in [0.4, 0.5) is 17.3 Å². The number of piperidine rings is 1. The van der Waals surface area contributed by atoms with Crippen molar-refractivity contribution < 1.29 is 9.53 Å². The van der Waals surface area contributed by atoms with Crippen LogP contribution in [0, 0.1) is 17.2 Å². The Labute approximate surface area is 237 Å². The summed E-state index contributed by atoms with van der Waals surface area (Å²) >= 11 is 0. The molecule has 2 fully saturated rings. The van der Waals surface area contributed by atoms with Gasteiger partial charge in [0.1, 0.15) is 28.9 Å². The topological polar surface area (TPSA) is 134 Å². The summed E-state index contributed by atoms with van der Waals surface area (Å²) in [6.07, 6.45) is 17.2. The number of pyridine rings is 1. The average Bonchev–Trinajstić information content (AvgIpc) is 3.27. The van der Waals surface area contributed by atoms with E-state index in [0.717, 1.165) is 51.6 Å². The number of aromatic nitrogens is 3. The van der Waals surface area contributed by atoms with Crippen molar-refractivity contribution in [1.29, 1.82) is 5.26 Å². The molecule has 1 saturated heterocycles. The third-order valence-electron chi connectivity index (χ3n) is 9.13. The van der Waals surface area contributed by atoms with Crippen LogP contribution >= 0.6 is 0 Å². The minimum Gasteiger partial charge on any atom is -0.488 e. The number of carbonyl (C=O) groups is 1. The molecule has 5 rings (SSSR count). The van der Waals surface area contributed by atoms with Gasteiger partial charge in [0, 0.05) is 44.2 Å². The minimum atomic E-state index is -0.335. The Morgan fingerprint density at radius 3 is 2.52 bits per heavy atom. The maximum atomic E-state index is 13.8. The molecule has 4 heterocycles. The van der Waals surface area contributed by atoms with Crippen molar-refractivity contribution in [1.82, 2.24) is 19.7 Å². The number of nitriles is 1.